The number of anilines is 1. The summed E-state index contributed by atoms with van der Waals surface area (Å²) in [5.41, 5.74) is -0.349. The predicted molar refractivity (Wildman–Crippen MR) is 67.9 cm³/mol. The Morgan fingerprint density at radius 1 is 1.50 bits per heavy atom. The third-order valence-corrected chi connectivity index (χ3v) is 2.44. The maximum absolute atomic E-state index is 10.9. The lowest BCUT2D eigenvalue weighted by atomic mass is 10.1. The minimum atomic E-state index is -1.04. The third kappa shape index (κ3) is 3.66. The average Bonchev–Trinajstić information content (AvgIpc) is 2.24. The van der Waals surface area contributed by atoms with Crippen LogP contribution in [0.15, 0.2) is 6.20 Å². The lowest BCUT2D eigenvalue weighted by Gasteiger charge is -2.28. The number of carboxylic acid groups (broad SMARTS) is 1. The molecule has 1 aromatic rings. The maximum atomic E-state index is 10.9. The fourth-order valence-corrected chi connectivity index (χ4v) is 1.61. The summed E-state index contributed by atoms with van der Waals surface area (Å²) in [6, 6.07) is 0. The average molecular weight is 253 g/mol. The van der Waals surface area contributed by atoms with Crippen LogP contribution in [0.2, 0.25) is 0 Å². The first-order chi connectivity index (χ1) is 8.24. The number of nitrogens with zero attached hydrogens (tertiary/aromatic N) is 3. The van der Waals surface area contributed by atoms with Crippen molar-refractivity contribution in [3.05, 3.63) is 17.5 Å². The second kappa shape index (κ2) is 5.30. The Kier molecular flexibility index (Phi) is 4.24. The number of aryl methyl sites for hydroxylation is 1. The van der Waals surface area contributed by atoms with Crippen molar-refractivity contribution in [3.63, 3.8) is 0 Å². The van der Waals surface area contributed by atoms with Crippen LogP contribution in [0.5, 0.6) is 0 Å². The fraction of sp³-hybridized carbons (Fsp3) is 0.583. The molecule has 0 saturated carbocycles. The molecule has 1 heterocycles. The standard InChI is InChI=1S/C12H19N3O3/c1-5-15(7-12(3,4)18)11-13-6-9(10(16)17)8(2)14-11/h6,18H,5,7H2,1-4H3,(H,16,17). The summed E-state index contributed by atoms with van der Waals surface area (Å²) < 4.78 is 0. The zero-order chi connectivity index (χ0) is 13.9. The van der Waals surface area contributed by atoms with Crippen LogP contribution in [0.25, 0.3) is 0 Å². The van der Waals surface area contributed by atoms with Gasteiger partial charge in [-0.15, -0.1) is 0 Å². The molecule has 0 amide bonds. The number of carbonyl (C=O) groups is 1. The summed E-state index contributed by atoms with van der Waals surface area (Å²) in [7, 11) is 0. The van der Waals surface area contributed by atoms with Gasteiger partial charge in [-0.3, -0.25) is 0 Å². The molecule has 0 atom stereocenters. The van der Waals surface area contributed by atoms with Gasteiger partial charge in [0.05, 0.1) is 16.9 Å². The molecule has 100 valence electrons. The van der Waals surface area contributed by atoms with Crippen molar-refractivity contribution in [2.24, 2.45) is 0 Å². The van der Waals surface area contributed by atoms with Gasteiger partial charge >= 0.3 is 5.97 Å². The van der Waals surface area contributed by atoms with Crippen molar-refractivity contribution in [1.29, 1.82) is 0 Å². The summed E-state index contributed by atoms with van der Waals surface area (Å²) in [4.78, 5) is 20.9. The lowest BCUT2D eigenvalue weighted by Crippen LogP contribution is -2.39. The third-order valence-electron chi connectivity index (χ3n) is 2.44. The number of carboxylic acids is 1. The van der Waals surface area contributed by atoms with Gasteiger partial charge in [0.25, 0.3) is 0 Å². The number of aromatic carboxylic acids is 1. The maximum Gasteiger partial charge on any atom is 0.339 e. The summed E-state index contributed by atoms with van der Waals surface area (Å²) in [5, 5.41) is 18.7. The first-order valence-electron chi connectivity index (χ1n) is 5.79. The van der Waals surface area contributed by atoms with Gasteiger partial charge in [0, 0.05) is 19.3 Å². The normalized spacial score (nSPS) is 11.4. The van der Waals surface area contributed by atoms with Gasteiger partial charge in [-0.2, -0.15) is 0 Å². The number of hydrogen-bond donors (Lipinski definition) is 2. The molecule has 2 N–H and O–H groups in total. The minimum absolute atomic E-state index is 0.0954. The van der Waals surface area contributed by atoms with Crippen LogP contribution in [-0.2, 0) is 0 Å². The molecule has 0 aromatic carbocycles. The second-order valence-corrected chi connectivity index (χ2v) is 4.80. The van der Waals surface area contributed by atoms with Gasteiger partial charge in [-0.25, -0.2) is 14.8 Å². The van der Waals surface area contributed by atoms with Gasteiger partial charge < -0.3 is 15.1 Å². The molecule has 0 saturated heterocycles. The van der Waals surface area contributed by atoms with Crippen molar-refractivity contribution in [2.75, 3.05) is 18.0 Å². The molecule has 6 nitrogen and oxygen atoms in total. The van der Waals surface area contributed by atoms with E-state index in [4.69, 9.17) is 5.11 Å². The molecule has 6 heteroatoms. The molecule has 18 heavy (non-hydrogen) atoms. The summed E-state index contributed by atoms with van der Waals surface area (Å²) in [6.45, 7) is 7.98. The van der Waals surface area contributed by atoms with Crippen LogP contribution < -0.4 is 4.90 Å². The van der Waals surface area contributed by atoms with E-state index in [9.17, 15) is 9.90 Å². The smallest absolute Gasteiger partial charge is 0.339 e. The van der Waals surface area contributed by atoms with Crippen molar-refractivity contribution in [1.82, 2.24) is 9.97 Å². The van der Waals surface area contributed by atoms with Crippen LogP contribution in [0.4, 0.5) is 5.95 Å². The fourth-order valence-electron chi connectivity index (χ4n) is 1.61. The molecule has 0 radical (unpaired) electrons. The molecule has 0 aliphatic heterocycles. The Labute approximate surface area is 106 Å². The van der Waals surface area contributed by atoms with E-state index < -0.39 is 11.6 Å². The lowest BCUT2D eigenvalue weighted by molar-refractivity contribution is 0.0694. The van der Waals surface area contributed by atoms with E-state index in [0.29, 0.717) is 24.7 Å². The molecule has 0 fully saturated rings. The topological polar surface area (TPSA) is 86.5 Å². The Morgan fingerprint density at radius 3 is 2.50 bits per heavy atom. The highest BCUT2D eigenvalue weighted by atomic mass is 16.4. The molecule has 0 unspecified atom stereocenters. The molecule has 1 aromatic heterocycles. The second-order valence-electron chi connectivity index (χ2n) is 4.80. The summed E-state index contributed by atoms with van der Waals surface area (Å²) in [5.74, 6) is -0.605. The van der Waals surface area contributed by atoms with Crippen molar-refractivity contribution >= 4 is 11.9 Å². The Morgan fingerprint density at radius 2 is 2.11 bits per heavy atom. The van der Waals surface area contributed by atoms with E-state index in [2.05, 4.69) is 9.97 Å². The SMILES string of the molecule is CCN(CC(C)(C)O)c1ncc(C(=O)O)c(C)n1. The van der Waals surface area contributed by atoms with Gasteiger partial charge in [-0.1, -0.05) is 0 Å². The van der Waals surface area contributed by atoms with E-state index >= 15 is 0 Å². The Bertz CT molecular complexity index is 441. The van der Waals surface area contributed by atoms with Crippen molar-refractivity contribution < 1.29 is 15.0 Å². The van der Waals surface area contributed by atoms with E-state index in [1.807, 2.05) is 6.92 Å². The zero-order valence-corrected chi connectivity index (χ0v) is 11.1. The van der Waals surface area contributed by atoms with Crippen LogP contribution >= 0.6 is 0 Å². The highest BCUT2D eigenvalue weighted by molar-refractivity contribution is 5.88. The highest BCUT2D eigenvalue weighted by Crippen LogP contribution is 2.14. The van der Waals surface area contributed by atoms with Crippen LogP contribution in [0.1, 0.15) is 36.8 Å². The summed E-state index contributed by atoms with van der Waals surface area (Å²) >= 11 is 0. The quantitative estimate of drug-likeness (QED) is 0.816. The number of aromatic nitrogens is 2. The molecule has 0 aliphatic carbocycles. The largest absolute Gasteiger partial charge is 0.478 e. The first-order valence-corrected chi connectivity index (χ1v) is 5.79. The molecular weight excluding hydrogens is 234 g/mol. The van der Waals surface area contributed by atoms with Crippen molar-refractivity contribution in [3.8, 4) is 0 Å². The number of rotatable bonds is 5. The molecule has 1 rings (SSSR count). The monoisotopic (exact) mass is 253 g/mol. The van der Waals surface area contributed by atoms with Gasteiger partial charge in [0.2, 0.25) is 5.95 Å². The van der Waals surface area contributed by atoms with Gasteiger partial charge in [0.15, 0.2) is 0 Å². The molecule has 0 bridgehead atoms. The minimum Gasteiger partial charge on any atom is -0.478 e. The molecule has 0 aliphatic rings. The molecule has 0 spiro atoms. The van der Waals surface area contributed by atoms with Crippen LogP contribution in [0.3, 0.4) is 0 Å². The number of aliphatic hydroxyl groups is 1. The predicted octanol–water partition coefficient (Wildman–Crippen LogP) is 1.08. The van der Waals surface area contributed by atoms with E-state index in [-0.39, 0.29) is 5.56 Å². The zero-order valence-electron chi connectivity index (χ0n) is 11.1. The van der Waals surface area contributed by atoms with Gasteiger partial charge in [0.1, 0.15) is 0 Å². The Balaban J connectivity index is 3.01. The van der Waals surface area contributed by atoms with Crippen LogP contribution in [0, 0.1) is 6.92 Å². The van der Waals surface area contributed by atoms with Gasteiger partial charge in [-0.05, 0) is 27.7 Å². The highest BCUT2D eigenvalue weighted by Gasteiger charge is 2.20. The molecular formula is C12H19N3O3. The van der Waals surface area contributed by atoms with E-state index in [1.54, 1.807) is 25.7 Å². The first kappa shape index (κ1) is 14.4. The number of likely N-dealkylation sites (N-methyl/N-ethyl adjacent to an activating group) is 1. The van der Waals surface area contributed by atoms with E-state index in [1.165, 1.54) is 6.20 Å². The van der Waals surface area contributed by atoms with E-state index in [0.717, 1.165) is 0 Å². The van der Waals surface area contributed by atoms with Crippen molar-refractivity contribution in [2.45, 2.75) is 33.3 Å². The number of hydrogen-bond acceptors (Lipinski definition) is 5. The van der Waals surface area contributed by atoms with Crippen LogP contribution in [-0.4, -0.2) is 44.8 Å². The summed E-state index contributed by atoms with van der Waals surface area (Å²) in [6.07, 6.45) is 1.30. The Hall–Kier alpha value is -1.69.